The lowest BCUT2D eigenvalue weighted by Crippen LogP contribution is -2.18. The maximum absolute atomic E-state index is 13.5. The number of methoxy groups -OCH3 is 1. The van der Waals surface area contributed by atoms with Crippen LogP contribution >= 0.6 is 11.3 Å². The minimum absolute atomic E-state index is 0.0708. The van der Waals surface area contributed by atoms with E-state index in [0.717, 1.165) is 48.6 Å². The molecule has 2 aromatic rings. The lowest BCUT2D eigenvalue weighted by atomic mass is 10.1. The average Bonchev–Trinajstić information content (AvgIpc) is 2.76. The number of aryl methyl sites for hydroxylation is 1. The number of nitrogens with two attached hydrogens (primary N) is 1. The molecule has 5 nitrogen and oxygen atoms in total. The van der Waals surface area contributed by atoms with Crippen molar-refractivity contribution in [1.29, 1.82) is 0 Å². The second-order valence-electron chi connectivity index (χ2n) is 5.93. The SMILES string of the molecule is COc1ccc(F)cc1C(=O)Nc1sc2c(c1C(N)=O)CCCCC2. The van der Waals surface area contributed by atoms with Crippen LogP contribution in [0.4, 0.5) is 9.39 Å². The molecule has 0 bridgehead atoms. The summed E-state index contributed by atoms with van der Waals surface area (Å²) in [5, 5.41) is 3.15. The third-order valence-corrected chi connectivity index (χ3v) is 5.51. The van der Waals surface area contributed by atoms with Crippen LogP contribution in [0, 0.1) is 5.82 Å². The molecule has 0 spiro atoms. The van der Waals surface area contributed by atoms with Crippen LogP contribution in [-0.2, 0) is 12.8 Å². The van der Waals surface area contributed by atoms with Crippen molar-refractivity contribution in [3.8, 4) is 5.75 Å². The van der Waals surface area contributed by atoms with E-state index >= 15 is 0 Å². The summed E-state index contributed by atoms with van der Waals surface area (Å²) in [6.07, 6.45) is 4.82. The van der Waals surface area contributed by atoms with Gasteiger partial charge in [0.05, 0.1) is 18.2 Å². The number of carbonyl (C=O) groups excluding carboxylic acids is 2. The molecule has 1 heterocycles. The highest BCUT2D eigenvalue weighted by atomic mass is 32.1. The van der Waals surface area contributed by atoms with E-state index < -0.39 is 17.6 Å². The maximum atomic E-state index is 13.5. The first-order chi connectivity index (χ1) is 12.0. The summed E-state index contributed by atoms with van der Waals surface area (Å²) >= 11 is 1.38. The molecule has 1 aliphatic carbocycles. The van der Waals surface area contributed by atoms with Gasteiger partial charge >= 0.3 is 0 Å². The van der Waals surface area contributed by atoms with Crippen molar-refractivity contribution in [1.82, 2.24) is 0 Å². The van der Waals surface area contributed by atoms with E-state index in [-0.39, 0.29) is 11.3 Å². The normalized spacial score (nSPS) is 13.7. The molecule has 1 aromatic carbocycles. The fourth-order valence-electron chi connectivity index (χ4n) is 3.12. The van der Waals surface area contributed by atoms with Gasteiger partial charge in [-0.25, -0.2) is 4.39 Å². The van der Waals surface area contributed by atoms with Crippen LogP contribution in [0.3, 0.4) is 0 Å². The fraction of sp³-hybridized carbons (Fsp3) is 0.333. The maximum Gasteiger partial charge on any atom is 0.260 e. The van der Waals surface area contributed by atoms with Crippen molar-refractivity contribution >= 4 is 28.2 Å². The number of fused-ring (bicyclic) bond motifs is 1. The zero-order valence-corrected chi connectivity index (χ0v) is 14.7. The molecule has 1 aliphatic rings. The second kappa shape index (κ2) is 7.23. The number of anilines is 1. The Hall–Kier alpha value is -2.41. The molecule has 3 N–H and O–H groups in total. The van der Waals surface area contributed by atoms with E-state index in [4.69, 9.17) is 10.5 Å². The lowest BCUT2D eigenvalue weighted by molar-refractivity contribution is 0.100. The molecule has 0 saturated carbocycles. The van der Waals surface area contributed by atoms with Crippen LogP contribution < -0.4 is 15.8 Å². The first-order valence-corrected chi connectivity index (χ1v) is 8.92. The summed E-state index contributed by atoms with van der Waals surface area (Å²) in [6.45, 7) is 0. The minimum atomic E-state index is -0.555. The number of halogens is 1. The largest absolute Gasteiger partial charge is 0.496 e. The highest BCUT2D eigenvalue weighted by Gasteiger charge is 2.25. The smallest absolute Gasteiger partial charge is 0.260 e. The third kappa shape index (κ3) is 3.51. The molecule has 0 atom stereocenters. The number of ether oxygens (including phenoxy) is 1. The molecular weight excluding hydrogens is 343 g/mol. The Morgan fingerprint density at radius 3 is 2.72 bits per heavy atom. The standard InChI is InChI=1S/C18H19FN2O3S/c1-24-13-8-7-10(19)9-12(13)17(23)21-18-15(16(20)22)11-5-3-2-4-6-14(11)25-18/h7-9H,2-6H2,1H3,(H2,20,22)(H,21,23). The molecule has 0 unspecified atom stereocenters. The van der Waals surface area contributed by atoms with Gasteiger partial charge in [-0.3, -0.25) is 9.59 Å². The first kappa shape index (κ1) is 17.4. The Kier molecular flexibility index (Phi) is 5.03. The Balaban J connectivity index is 1.97. The van der Waals surface area contributed by atoms with Crippen LogP contribution in [0.5, 0.6) is 5.75 Å². The number of hydrogen-bond donors (Lipinski definition) is 2. The summed E-state index contributed by atoms with van der Waals surface area (Å²) in [5.41, 5.74) is 6.95. The van der Waals surface area contributed by atoms with Gasteiger partial charge in [-0.2, -0.15) is 0 Å². The summed E-state index contributed by atoms with van der Waals surface area (Å²) < 4.78 is 18.6. The fourth-order valence-corrected chi connectivity index (χ4v) is 4.41. The van der Waals surface area contributed by atoms with Crippen LogP contribution in [-0.4, -0.2) is 18.9 Å². The molecule has 25 heavy (non-hydrogen) atoms. The number of amides is 2. The first-order valence-electron chi connectivity index (χ1n) is 8.10. The highest BCUT2D eigenvalue weighted by Crippen LogP contribution is 2.37. The van der Waals surface area contributed by atoms with Crippen LogP contribution in [0.15, 0.2) is 18.2 Å². The van der Waals surface area contributed by atoms with Crippen molar-refractivity contribution < 1.29 is 18.7 Å². The number of hydrogen-bond acceptors (Lipinski definition) is 4. The molecule has 0 saturated heterocycles. The summed E-state index contributed by atoms with van der Waals surface area (Å²) in [7, 11) is 1.41. The van der Waals surface area contributed by atoms with E-state index in [1.807, 2.05) is 0 Å². The predicted octanol–water partition coefficient (Wildman–Crippen LogP) is 3.52. The molecule has 7 heteroatoms. The quantitative estimate of drug-likeness (QED) is 0.817. The number of carbonyl (C=O) groups is 2. The van der Waals surface area contributed by atoms with Gasteiger partial charge in [0, 0.05) is 4.88 Å². The number of benzene rings is 1. The van der Waals surface area contributed by atoms with Gasteiger partial charge < -0.3 is 15.8 Å². The Morgan fingerprint density at radius 1 is 1.24 bits per heavy atom. The van der Waals surface area contributed by atoms with E-state index in [1.54, 1.807) is 0 Å². The molecule has 1 aromatic heterocycles. The van der Waals surface area contributed by atoms with Gasteiger partial charge in [-0.1, -0.05) is 6.42 Å². The molecule has 2 amide bonds. The highest BCUT2D eigenvalue weighted by molar-refractivity contribution is 7.17. The third-order valence-electron chi connectivity index (χ3n) is 4.30. The van der Waals surface area contributed by atoms with Crippen molar-refractivity contribution in [3.05, 3.63) is 45.6 Å². The lowest BCUT2D eigenvalue weighted by Gasteiger charge is -2.09. The topological polar surface area (TPSA) is 81.4 Å². The molecule has 0 radical (unpaired) electrons. The van der Waals surface area contributed by atoms with E-state index in [0.29, 0.717) is 10.6 Å². The monoisotopic (exact) mass is 362 g/mol. The average molecular weight is 362 g/mol. The zero-order chi connectivity index (χ0) is 18.0. The summed E-state index contributed by atoms with van der Waals surface area (Å²) in [5.74, 6) is -1.36. The number of rotatable bonds is 4. The predicted molar refractivity (Wildman–Crippen MR) is 95.0 cm³/mol. The van der Waals surface area contributed by atoms with Crippen molar-refractivity contribution in [3.63, 3.8) is 0 Å². The van der Waals surface area contributed by atoms with Crippen molar-refractivity contribution in [2.24, 2.45) is 5.73 Å². The molecule has 0 fully saturated rings. The van der Waals surface area contributed by atoms with Gasteiger partial charge in [0.1, 0.15) is 16.6 Å². The molecule has 0 aliphatic heterocycles. The summed E-state index contributed by atoms with van der Waals surface area (Å²) in [6, 6.07) is 3.72. The number of nitrogens with one attached hydrogen (secondary N) is 1. The molecular formula is C18H19FN2O3S. The van der Waals surface area contributed by atoms with Gasteiger partial charge in [0.2, 0.25) is 0 Å². The van der Waals surface area contributed by atoms with E-state index in [1.165, 1.54) is 30.6 Å². The summed E-state index contributed by atoms with van der Waals surface area (Å²) in [4.78, 5) is 25.6. The van der Waals surface area contributed by atoms with Gasteiger partial charge in [-0.15, -0.1) is 11.3 Å². The van der Waals surface area contributed by atoms with Crippen molar-refractivity contribution in [2.75, 3.05) is 12.4 Å². The van der Waals surface area contributed by atoms with Crippen molar-refractivity contribution in [2.45, 2.75) is 32.1 Å². The molecule has 3 rings (SSSR count). The second-order valence-corrected chi connectivity index (χ2v) is 7.04. The Bertz CT molecular complexity index is 832. The zero-order valence-electron chi connectivity index (χ0n) is 13.9. The van der Waals surface area contributed by atoms with E-state index in [9.17, 15) is 14.0 Å². The van der Waals surface area contributed by atoms with Gasteiger partial charge in [-0.05, 0) is 49.4 Å². The van der Waals surface area contributed by atoms with Crippen LogP contribution in [0.1, 0.15) is 50.4 Å². The molecule has 132 valence electrons. The Labute approximate surface area is 149 Å². The number of primary amides is 1. The van der Waals surface area contributed by atoms with Crippen LogP contribution in [0.2, 0.25) is 0 Å². The van der Waals surface area contributed by atoms with Crippen LogP contribution in [0.25, 0.3) is 0 Å². The number of thiophene rings is 1. The van der Waals surface area contributed by atoms with Gasteiger partial charge in [0.15, 0.2) is 0 Å². The van der Waals surface area contributed by atoms with Gasteiger partial charge in [0.25, 0.3) is 11.8 Å². The Morgan fingerprint density at radius 2 is 2.00 bits per heavy atom. The van der Waals surface area contributed by atoms with E-state index in [2.05, 4.69) is 5.32 Å². The minimum Gasteiger partial charge on any atom is -0.496 e.